The van der Waals surface area contributed by atoms with E-state index in [1.165, 1.54) is 23.6 Å². The van der Waals surface area contributed by atoms with E-state index < -0.39 is 12.7 Å². The van der Waals surface area contributed by atoms with Gasteiger partial charge >= 0.3 is 0 Å². The molecule has 0 radical (unpaired) electrons. The van der Waals surface area contributed by atoms with Gasteiger partial charge in [0, 0.05) is 10.5 Å². The number of rotatable bonds is 4. The number of hydrogen-bond acceptors (Lipinski definition) is 5. The standard InChI is InChI=1S/C13H15NO4S/c1-8(16)9-2-3-12-11(4-9)14(5-10(17)6-15)13(18)7-19-12/h2-4,10,15,17H,5-7H2,1H3. The number of Topliss-reactive ketones (excluding diaryl/α,β-unsaturated/α-hetero) is 1. The zero-order valence-electron chi connectivity index (χ0n) is 10.5. The van der Waals surface area contributed by atoms with Crippen LogP contribution >= 0.6 is 11.8 Å². The van der Waals surface area contributed by atoms with E-state index in [0.29, 0.717) is 17.0 Å². The van der Waals surface area contributed by atoms with Gasteiger partial charge in [0.15, 0.2) is 5.78 Å². The van der Waals surface area contributed by atoms with E-state index >= 15 is 0 Å². The molecule has 1 atom stereocenters. The van der Waals surface area contributed by atoms with Gasteiger partial charge in [0.05, 0.1) is 30.7 Å². The van der Waals surface area contributed by atoms with Crippen molar-refractivity contribution in [3.05, 3.63) is 23.8 Å². The summed E-state index contributed by atoms with van der Waals surface area (Å²) in [6.07, 6.45) is -0.985. The lowest BCUT2D eigenvalue weighted by atomic mass is 10.1. The molecule has 0 fully saturated rings. The molecule has 1 aromatic carbocycles. The Morgan fingerprint density at radius 1 is 1.53 bits per heavy atom. The van der Waals surface area contributed by atoms with Gasteiger partial charge in [-0.3, -0.25) is 9.59 Å². The smallest absolute Gasteiger partial charge is 0.237 e. The summed E-state index contributed by atoms with van der Waals surface area (Å²) in [6.45, 7) is 1.09. The van der Waals surface area contributed by atoms with Gasteiger partial charge in [0.1, 0.15) is 0 Å². The predicted molar refractivity (Wildman–Crippen MR) is 72.6 cm³/mol. The normalized spacial score (nSPS) is 16.2. The van der Waals surface area contributed by atoms with Crippen molar-refractivity contribution in [2.24, 2.45) is 0 Å². The summed E-state index contributed by atoms with van der Waals surface area (Å²) in [5.41, 5.74) is 1.15. The van der Waals surface area contributed by atoms with Crippen molar-refractivity contribution in [3.63, 3.8) is 0 Å². The molecule has 0 saturated carbocycles. The summed E-state index contributed by atoms with van der Waals surface area (Å²) in [6, 6.07) is 5.19. The lowest BCUT2D eigenvalue weighted by molar-refractivity contribution is -0.116. The van der Waals surface area contributed by atoms with Crippen LogP contribution in [0.2, 0.25) is 0 Å². The Hall–Kier alpha value is -1.37. The molecule has 1 aliphatic rings. The molecule has 0 bridgehead atoms. The maximum Gasteiger partial charge on any atom is 0.237 e. The number of aliphatic hydroxyl groups excluding tert-OH is 2. The molecule has 0 saturated heterocycles. The molecule has 102 valence electrons. The minimum Gasteiger partial charge on any atom is -0.394 e. The quantitative estimate of drug-likeness (QED) is 0.794. The molecule has 0 spiro atoms. The SMILES string of the molecule is CC(=O)c1ccc2c(c1)N(CC(O)CO)C(=O)CS2. The van der Waals surface area contributed by atoms with Crippen molar-refractivity contribution < 1.29 is 19.8 Å². The number of aliphatic hydroxyl groups is 2. The van der Waals surface area contributed by atoms with Crippen LogP contribution in [0.25, 0.3) is 0 Å². The van der Waals surface area contributed by atoms with Crippen LogP contribution in [0, 0.1) is 0 Å². The number of β-amino-alcohol motifs (C(OH)–C–C–N with tert-alkyl or cyclic N) is 1. The first-order chi connectivity index (χ1) is 9.02. The molecular formula is C13H15NO4S. The summed E-state index contributed by atoms with van der Waals surface area (Å²) >= 11 is 1.41. The number of ketones is 1. The highest BCUT2D eigenvalue weighted by atomic mass is 32.2. The van der Waals surface area contributed by atoms with E-state index in [1.807, 2.05) is 6.07 Å². The minimum absolute atomic E-state index is 0.0320. The average Bonchev–Trinajstić information content (AvgIpc) is 2.41. The number of thioether (sulfide) groups is 1. The van der Waals surface area contributed by atoms with E-state index in [-0.39, 0.29) is 18.2 Å². The molecule has 1 amide bonds. The van der Waals surface area contributed by atoms with Gasteiger partial charge in [-0.15, -0.1) is 11.8 Å². The first-order valence-corrected chi connectivity index (χ1v) is 6.88. The molecule has 1 unspecified atom stereocenters. The summed E-state index contributed by atoms with van der Waals surface area (Å²) in [5, 5.41) is 18.4. The fraction of sp³-hybridized carbons (Fsp3) is 0.385. The summed E-state index contributed by atoms with van der Waals surface area (Å²) in [4.78, 5) is 25.6. The first-order valence-electron chi connectivity index (χ1n) is 5.90. The molecule has 19 heavy (non-hydrogen) atoms. The number of nitrogens with zero attached hydrogens (tertiary/aromatic N) is 1. The Morgan fingerprint density at radius 2 is 2.26 bits per heavy atom. The maximum atomic E-state index is 11.9. The molecule has 0 aromatic heterocycles. The molecule has 0 aliphatic carbocycles. The zero-order chi connectivity index (χ0) is 14.0. The second-order valence-corrected chi connectivity index (χ2v) is 5.39. The number of hydrogen-bond donors (Lipinski definition) is 2. The number of amides is 1. The average molecular weight is 281 g/mol. The third kappa shape index (κ3) is 2.97. The minimum atomic E-state index is -0.985. The second-order valence-electron chi connectivity index (χ2n) is 4.37. The maximum absolute atomic E-state index is 11.9. The van der Waals surface area contributed by atoms with Crippen molar-refractivity contribution in [2.75, 3.05) is 23.8 Å². The number of benzene rings is 1. The van der Waals surface area contributed by atoms with E-state index in [0.717, 1.165) is 4.90 Å². The predicted octanol–water partition coefficient (Wildman–Crippen LogP) is 0.681. The molecule has 2 N–H and O–H groups in total. The molecule has 1 heterocycles. The van der Waals surface area contributed by atoms with Crippen LogP contribution in [0.5, 0.6) is 0 Å². The Labute approximate surface area is 115 Å². The summed E-state index contributed by atoms with van der Waals surface area (Å²) < 4.78 is 0. The molecule has 1 aliphatic heterocycles. The second kappa shape index (κ2) is 5.73. The lowest BCUT2D eigenvalue weighted by Crippen LogP contribution is -2.42. The van der Waals surface area contributed by atoms with E-state index in [4.69, 9.17) is 5.11 Å². The van der Waals surface area contributed by atoms with Crippen LogP contribution < -0.4 is 4.90 Å². The van der Waals surface area contributed by atoms with Crippen LogP contribution in [-0.2, 0) is 4.79 Å². The topological polar surface area (TPSA) is 77.8 Å². The molecule has 1 aromatic rings. The monoisotopic (exact) mass is 281 g/mol. The largest absolute Gasteiger partial charge is 0.394 e. The highest BCUT2D eigenvalue weighted by Crippen LogP contribution is 2.36. The van der Waals surface area contributed by atoms with Gasteiger partial charge in [0.2, 0.25) is 5.91 Å². The van der Waals surface area contributed by atoms with Gasteiger partial charge in [-0.05, 0) is 19.1 Å². The number of carbonyl (C=O) groups excluding carboxylic acids is 2. The fourth-order valence-electron chi connectivity index (χ4n) is 1.89. The van der Waals surface area contributed by atoms with Crippen LogP contribution in [0.1, 0.15) is 17.3 Å². The first kappa shape index (κ1) is 14.0. The van der Waals surface area contributed by atoms with Crippen molar-refractivity contribution in [2.45, 2.75) is 17.9 Å². The van der Waals surface area contributed by atoms with Gasteiger partial charge < -0.3 is 15.1 Å². The van der Waals surface area contributed by atoms with Crippen LogP contribution in [0.4, 0.5) is 5.69 Å². The number of carbonyl (C=O) groups is 2. The van der Waals surface area contributed by atoms with Gasteiger partial charge in [-0.25, -0.2) is 0 Å². The molecular weight excluding hydrogens is 266 g/mol. The van der Waals surface area contributed by atoms with E-state index in [2.05, 4.69) is 0 Å². The highest BCUT2D eigenvalue weighted by Gasteiger charge is 2.26. The number of fused-ring (bicyclic) bond motifs is 1. The molecule has 6 heteroatoms. The summed E-state index contributed by atoms with van der Waals surface area (Å²) in [7, 11) is 0. The highest BCUT2D eigenvalue weighted by molar-refractivity contribution is 8.00. The third-order valence-electron chi connectivity index (χ3n) is 2.91. The van der Waals surface area contributed by atoms with Crippen molar-refractivity contribution in [3.8, 4) is 0 Å². The van der Waals surface area contributed by atoms with Crippen molar-refractivity contribution in [1.29, 1.82) is 0 Å². The van der Waals surface area contributed by atoms with Crippen molar-refractivity contribution >= 4 is 29.1 Å². The Bertz CT molecular complexity index is 517. The van der Waals surface area contributed by atoms with Crippen LogP contribution in [-0.4, -0.2) is 46.9 Å². The fourth-order valence-corrected chi connectivity index (χ4v) is 2.81. The Kier molecular flexibility index (Phi) is 4.24. The summed E-state index contributed by atoms with van der Waals surface area (Å²) in [5.74, 6) is 0.0871. The van der Waals surface area contributed by atoms with Crippen LogP contribution in [0.15, 0.2) is 23.1 Å². The lowest BCUT2D eigenvalue weighted by Gasteiger charge is -2.30. The Morgan fingerprint density at radius 3 is 2.89 bits per heavy atom. The molecule has 2 rings (SSSR count). The van der Waals surface area contributed by atoms with Gasteiger partial charge in [0.25, 0.3) is 0 Å². The Balaban J connectivity index is 2.38. The zero-order valence-corrected chi connectivity index (χ0v) is 11.3. The van der Waals surface area contributed by atoms with Crippen LogP contribution in [0.3, 0.4) is 0 Å². The number of anilines is 1. The molecule has 5 nitrogen and oxygen atoms in total. The van der Waals surface area contributed by atoms with Gasteiger partial charge in [-0.2, -0.15) is 0 Å². The third-order valence-corrected chi connectivity index (χ3v) is 3.96. The van der Waals surface area contributed by atoms with E-state index in [9.17, 15) is 14.7 Å². The van der Waals surface area contributed by atoms with Gasteiger partial charge in [-0.1, -0.05) is 6.07 Å². The van der Waals surface area contributed by atoms with E-state index in [1.54, 1.807) is 12.1 Å². The van der Waals surface area contributed by atoms with Crippen molar-refractivity contribution in [1.82, 2.24) is 0 Å².